The number of aromatic nitrogens is 3. The predicted octanol–water partition coefficient (Wildman–Crippen LogP) is 3.87. The van der Waals surface area contributed by atoms with Gasteiger partial charge < -0.3 is 9.47 Å². The summed E-state index contributed by atoms with van der Waals surface area (Å²) in [5.41, 5.74) is 1.04. The van der Waals surface area contributed by atoms with Gasteiger partial charge in [-0.3, -0.25) is 9.89 Å². The number of nitrogens with zero attached hydrogens (tertiary/aromatic N) is 3. The number of allylic oxidation sites excluding steroid dienone is 1. The Morgan fingerprint density at radius 1 is 1.21 bits per heavy atom. The zero-order valence-corrected chi connectivity index (χ0v) is 15.0. The van der Waals surface area contributed by atoms with Crippen molar-refractivity contribution in [2.45, 2.75) is 69.7 Å². The molecule has 0 spiro atoms. The Labute approximate surface area is 148 Å². The fourth-order valence-electron chi connectivity index (χ4n) is 4.08. The molecule has 1 amide bonds. The molecule has 1 aliphatic heterocycles. The molecule has 4 rings (SSSR count). The van der Waals surface area contributed by atoms with Crippen LogP contribution in [-0.4, -0.2) is 38.7 Å². The van der Waals surface area contributed by atoms with Crippen LogP contribution in [0, 0.1) is 4.77 Å². The number of hydrogen-bond acceptors (Lipinski definition) is 3. The van der Waals surface area contributed by atoms with E-state index in [1.165, 1.54) is 25.7 Å². The summed E-state index contributed by atoms with van der Waals surface area (Å²) in [6, 6.07) is 0.530. The monoisotopic (exact) mass is 346 g/mol. The maximum absolute atomic E-state index is 12.9. The third-order valence-corrected chi connectivity index (χ3v) is 5.82. The predicted molar refractivity (Wildman–Crippen MR) is 95.4 cm³/mol. The molecule has 1 atom stereocenters. The van der Waals surface area contributed by atoms with Crippen LogP contribution < -0.4 is 0 Å². The minimum atomic E-state index is 0.258. The Bertz CT molecular complexity index is 700. The number of likely N-dealkylation sites (tertiary alicyclic amines) is 1. The molecule has 1 N–H and O–H groups in total. The Morgan fingerprint density at radius 3 is 2.92 bits per heavy atom. The van der Waals surface area contributed by atoms with E-state index in [0.29, 0.717) is 12.0 Å². The van der Waals surface area contributed by atoms with Crippen LogP contribution >= 0.6 is 12.2 Å². The van der Waals surface area contributed by atoms with Crippen molar-refractivity contribution < 1.29 is 4.79 Å². The fraction of sp³-hybridized carbons (Fsp3) is 0.722. The van der Waals surface area contributed by atoms with Gasteiger partial charge in [-0.2, -0.15) is 5.10 Å². The van der Waals surface area contributed by atoms with Crippen molar-refractivity contribution in [2.75, 3.05) is 13.1 Å². The summed E-state index contributed by atoms with van der Waals surface area (Å²) in [4.78, 5) is 15.0. The molecule has 0 unspecified atom stereocenters. The standard InChI is InChI=1S/C18H26N4OS/c23-17(13-6-3-1-2-4-7-13)21-11-5-8-14(12-21)16-19-20-18(24)22(16)15-9-10-15/h6,14-15H,1-5,7-12H2,(H,20,24)/t14-/m0/s1. The number of piperidine rings is 1. The number of carbonyl (C=O) groups is 1. The second-order valence-corrected chi connectivity index (χ2v) is 7.79. The second kappa shape index (κ2) is 6.82. The molecule has 24 heavy (non-hydrogen) atoms. The van der Waals surface area contributed by atoms with Crippen molar-refractivity contribution in [3.05, 3.63) is 22.2 Å². The Kier molecular flexibility index (Phi) is 4.57. The molecular weight excluding hydrogens is 320 g/mol. The topological polar surface area (TPSA) is 53.9 Å². The smallest absolute Gasteiger partial charge is 0.249 e. The summed E-state index contributed by atoms with van der Waals surface area (Å²) in [5, 5.41) is 7.49. The van der Waals surface area contributed by atoms with Gasteiger partial charge in [-0.1, -0.05) is 12.5 Å². The summed E-state index contributed by atoms with van der Waals surface area (Å²) in [6.45, 7) is 1.66. The van der Waals surface area contributed by atoms with Crippen molar-refractivity contribution in [3.63, 3.8) is 0 Å². The maximum Gasteiger partial charge on any atom is 0.249 e. The lowest BCUT2D eigenvalue weighted by Gasteiger charge is -2.33. The van der Waals surface area contributed by atoms with Crippen molar-refractivity contribution in [1.29, 1.82) is 0 Å². The van der Waals surface area contributed by atoms with Crippen LogP contribution in [0.2, 0.25) is 0 Å². The normalized spacial score (nSPS) is 25.2. The lowest BCUT2D eigenvalue weighted by Crippen LogP contribution is -2.40. The minimum Gasteiger partial charge on any atom is -0.338 e. The maximum atomic E-state index is 12.9. The number of H-pyrrole nitrogens is 1. The van der Waals surface area contributed by atoms with Gasteiger partial charge in [0.05, 0.1) is 0 Å². The molecule has 5 nitrogen and oxygen atoms in total. The average molecular weight is 347 g/mol. The highest BCUT2D eigenvalue weighted by Crippen LogP contribution is 2.38. The summed E-state index contributed by atoms with van der Waals surface area (Å²) >= 11 is 5.41. The molecule has 2 fully saturated rings. The van der Waals surface area contributed by atoms with Gasteiger partial charge in [0.1, 0.15) is 5.82 Å². The molecule has 0 bridgehead atoms. The highest BCUT2D eigenvalue weighted by molar-refractivity contribution is 7.71. The van der Waals surface area contributed by atoms with Crippen LogP contribution in [0.15, 0.2) is 11.6 Å². The molecule has 3 aliphatic rings. The molecule has 130 valence electrons. The largest absolute Gasteiger partial charge is 0.338 e. The van der Waals surface area contributed by atoms with Gasteiger partial charge in [-0.15, -0.1) is 0 Å². The average Bonchev–Trinajstić information content (AvgIpc) is 3.41. The highest BCUT2D eigenvalue weighted by atomic mass is 32.1. The summed E-state index contributed by atoms with van der Waals surface area (Å²) in [7, 11) is 0. The van der Waals surface area contributed by atoms with Crippen molar-refractivity contribution >= 4 is 18.1 Å². The summed E-state index contributed by atoms with van der Waals surface area (Å²) in [5.74, 6) is 1.63. The van der Waals surface area contributed by atoms with Gasteiger partial charge in [-0.05, 0) is 63.6 Å². The number of carbonyl (C=O) groups excluding carboxylic acids is 1. The number of amides is 1. The van der Waals surface area contributed by atoms with Crippen LogP contribution in [0.1, 0.15) is 75.6 Å². The third kappa shape index (κ3) is 3.21. The van der Waals surface area contributed by atoms with Crippen molar-refractivity contribution in [3.8, 4) is 0 Å². The molecule has 0 radical (unpaired) electrons. The van der Waals surface area contributed by atoms with E-state index in [4.69, 9.17) is 12.2 Å². The van der Waals surface area contributed by atoms with E-state index < -0.39 is 0 Å². The van der Waals surface area contributed by atoms with E-state index in [-0.39, 0.29) is 5.91 Å². The van der Waals surface area contributed by atoms with Gasteiger partial charge in [0.2, 0.25) is 5.91 Å². The lowest BCUT2D eigenvalue weighted by molar-refractivity contribution is -0.128. The highest BCUT2D eigenvalue weighted by Gasteiger charge is 2.33. The molecule has 6 heteroatoms. The molecule has 2 heterocycles. The van der Waals surface area contributed by atoms with Crippen molar-refractivity contribution in [2.24, 2.45) is 0 Å². The van der Waals surface area contributed by atoms with Gasteiger partial charge >= 0.3 is 0 Å². The first kappa shape index (κ1) is 16.1. The van der Waals surface area contributed by atoms with Gasteiger partial charge in [0, 0.05) is 30.6 Å². The first-order valence-corrected chi connectivity index (χ1v) is 9.80. The van der Waals surface area contributed by atoms with Gasteiger partial charge in [-0.25, -0.2) is 0 Å². The Morgan fingerprint density at radius 2 is 2.08 bits per heavy atom. The number of rotatable bonds is 3. The number of aromatic amines is 1. The zero-order valence-electron chi connectivity index (χ0n) is 14.2. The first-order valence-electron chi connectivity index (χ1n) is 9.39. The van der Waals surface area contributed by atoms with E-state index in [2.05, 4.69) is 25.7 Å². The third-order valence-electron chi connectivity index (χ3n) is 5.53. The van der Waals surface area contributed by atoms with E-state index in [9.17, 15) is 4.79 Å². The first-order chi connectivity index (χ1) is 11.7. The Hall–Kier alpha value is -1.43. The number of hydrogen-bond donors (Lipinski definition) is 1. The molecule has 1 saturated heterocycles. The lowest BCUT2D eigenvalue weighted by atomic mass is 9.96. The Balaban J connectivity index is 1.50. The van der Waals surface area contributed by atoms with Crippen LogP contribution in [0.4, 0.5) is 0 Å². The quantitative estimate of drug-likeness (QED) is 0.845. The van der Waals surface area contributed by atoms with Crippen LogP contribution in [0.3, 0.4) is 0 Å². The number of nitrogens with one attached hydrogen (secondary N) is 1. The molecular formula is C18H26N4OS. The van der Waals surface area contributed by atoms with Crippen molar-refractivity contribution in [1.82, 2.24) is 19.7 Å². The van der Waals surface area contributed by atoms with E-state index in [1.54, 1.807) is 0 Å². The summed E-state index contributed by atoms with van der Waals surface area (Å²) < 4.78 is 2.95. The SMILES string of the molecule is O=C(C1=CCCCCC1)N1CCC[C@H](c2n[nH]c(=S)n2C2CC2)C1. The van der Waals surface area contributed by atoms with E-state index >= 15 is 0 Å². The van der Waals surface area contributed by atoms with E-state index in [1.807, 2.05) is 0 Å². The van der Waals surface area contributed by atoms with Gasteiger partial charge in [0.25, 0.3) is 0 Å². The molecule has 2 aliphatic carbocycles. The minimum absolute atomic E-state index is 0.258. The van der Waals surface area contributed by atoms with Crippen LogP contribution in [-0.2, 0) is 4.79 Å². The van der Waals surface area contributed by atoms with Crippen LogP contribution in [0.25, 0.3) is 0 Å². The molecule has 1 saturated carbocycles. The molecule has 0 aromatic carbocycles. The molecule has 1 aromatic heterocycles. The fourth-order valence-corrected chi connectivity index (χ4v) is 4.36. The molecule has 1 aromatic rings. The summed E-state index contributed by atoms with van der Waals surface area (Å²) in [6.07, 6.45) is 12.3. The second-order valence-electron chi connectivity index (χ2n) is 7.41. The van der Waals surface area contributed by atoms with Crippen LogP contribution in [0.5, 0.6) is 0 Å². The van der Waals surface area contributed by atoms with E-state index in [0.717, 1.165) is 61.4 Å². The van der Waals surface area contributed by atoms with Gasteiger partial charge in [0.15, 0.2) is 4.77 Å². The zero-order chi connectivity index (χ0) is 16.5.